The minimum atomic E-state index is -0.337. The Labute approximate surface area is 158 Å². The van der Waals surface area contributed by atoms with Gasteiger partial charge in [0.05, 0.1) is 6.61 Å². The zero-order chi connectivity index (χ0) is 18.6. The zero-order valence-corrected chi connectivity index (χ0v) is 15.4. The summed E-state index contributed by atoms with van der Waals surface area (Å²) >= 11 is 0. The van der Waals surface area contributed by atoms with Gasteiger partial charge >= 0.3 is 6.09 Å². The lowest BCUT2D eigenvalue weighted by molar-refractivity contribution is 0.0969. The van der Waals surface area contributed by atoms with Crippen LogP contribution in [0.25, 0.3) is 0 Å². The van der Waals surface area contributed by atoms with Gasteiger partial charge in [-0.15, -0.1) is 0 Å². The van der Waals surface area contributed by atoms with Crippen molar-refractivity contribution in [3.05, 3.63) is 30.1 Å². The van der Waals surface area contributed by atoms with Gasteiger partial charge in [-0.05, 0) is 45.1 Å². The van der Waals surface area contributed by atoms with Crippen LogP contribution in [0.5, 0.6) is 5.88 Å². The average molecular weight is 371 g/mol. The van der Waals surface area contributed by atoms with Crippen molar-refractivity contribution in [1.29, 1.82) is 0 Å². The van der Waals surface area contributed by atoms with Gasteiger partial charge in [-0.2, -0.15) is 5.10 Å². The van der Waals surface area contributed by atoms with Gasteiger partial charge in [-0.3, -0.25) is 5.10 Å². The number of rotatable bonds is 0. The Morgan fingerprint density at radius 2 is 2.15 bits per heavy atom. The quantitative estimate of drug-likeness (QED) is 0.655. The summed E-state index contributed by atoms with van der Waals surface area (Å²) < 4.78 is 11.3. The van der Waals surface area contributed by atoms with Gasteiger partial charge in [0.15, 0.2) is 5.82 Å². The average Bonchev–Trinajstić information content (AvgIpc) is 3.28. The number of aromatic amines is 1. The topological polar surface area (TPSA) is 101 Å². The van der Waals surface area contributed by atoms with Crippen molar-refractivity contribution in [3.63, 3.8) is 0 Å². The van der Waals surface area contributed by atoms with Crippen LogP contribution in [0.15, 0.2) is 24.4 Å². The van der Waals surface area contributed by atoms with Gasteiger partial charge in [-0.25, -0.2) is 9.78 Å². The third-order valence-electron chi connectivity index (χ3n) is 5.10. The van der Waals surface area contributed by atoms with E-state index in [1.807, 2.05) is 25.1 Å². The number of nitrogens with one attached hydrogen (secondary N) is 3. The zero-order valence-electron chi connectivity index (χ0n) is 15.4. The molecule has 27 heavy (non-hydrogen) atoms. The molecule has 3 N–H and O–H groups in total. The molecular weight excluding hydrogens is 346 g/mol. The maximum atomic E-state index is 12.1. The van der Waals surface area contributed by atoms with E-state index < -0.39 is 0 Å². The summed E-state index contributed by atoms with van der Waals surface area (Å²) in [5, 5.41) is 13.7. The minimum Gasteiger partial charge on any atom is -0.478 e. The van der Waals surface area contributed by atoms with Crippen molar-refractivity contribution in [2.45, 2.75) is 57.1 Å². The smallest absolute Gasteiger partial charge is 0.407 e. The maximum absolute atomic E-state index is 12.1. The van der Waals surface area contributed by atoms with Gasteiger partial charge in [0.2, 0.25) is 5.88 Å². The summed E-state index contributed by atoms with van der Waals surface area (Å²) in [5.74, 6) is 1.63. The molecule has 144 valence electrons. The molecule has 0 radical (unpaired) electrons. The third-order valence-corrected chi connectivity index (χ3v) is 5.10. The van der Waals surface area contributed by atoms with E-state index in [-0.39, 0.29) is 18.2 Å². The second-order valence-electron chi connectivity index (χ2n) is 7.29. The summed E-state index contributed by atoms with van der Waals surface area (Å²) in [5.41, 5.74) is 1.94. The highest BCUT2D eigenvalue weighted by Crippen LogP contribution is 2.36. The lowest BCUT2D eigenvalue weighted by Gasteiger charge is -2.17. The minimum absolute atomic E-state index is 0.0355. The monoisotopic (exact) mass is 371 g/mol. The number of pyridine rings is 1. The molecule has 1 saturated carbocycles. The Kier molecular flexibility index (Phi) is 5.13. The summed E-state index contributed by atoms with van der Waals surface area (Å²) in [7, 11) is 0. The molecule has 8 nitrogen and oxygen atoms in total. The fourth-order valence-corrected chi connectivity index (χ4v) is 3.68. The number of hydrogen-bond acceptors (Lipinski definition) is 6. The van der Waals surface area contributed by atoms with Crippen LogP contribution >= 0.6 is 0 Å². The molecule has 2 aromatic rings. The second-order valence-corrected chi connectivity index (χ2v) is 7.29. The first-order chi connectivity index (χ1) is 13.2. The number of carbonyl (C=O) groups excluding carboxylic acids is 1. The number of carbonyl (C=O) groups is 1. The number of nitrogens with zero attached hydrogens (tertiary/aromatic N) is 2. The lowest BCUT2D eigenvalue weighted by atomic mass is 10.0. The predicted octanol–water partition coefficient (Wildman–Crippen LogP) is 3.47. The van der Waals surface area contributed by atoms with Gasteiger partial charge < -0.3 is 20.1 Å². The van der Waals surface area contributed by atoms with E-state index in [2.05, 4.69) is 25.8 Å². The van der Waals surface area contributed by atoms with Crippen LogP contribution in [0, 0.1) is 0 Å². The number of anilines is 2. The molecule has 1 aliphatic heterocycles. The number of hydrogen-bond donors (Lipinski definition) is 3. The molecule has 1 amide bonds. The molecule has 1 fully saturated rings. The number of ether oxygens (including phenoxy) is 2. The SMILES string of the molecule is C[C@H]1CCCOc2cc(ccn2)Nc2cc([nH]n2)[C@H]2CC[C@H](C2)OC(=O)N1. The molecule has 4 rings (SSSR count). The Balaban J connectivity index is 1.52. The molecular formula is C19H25N5O3. The van der Waals surface area contributed by atoms with Crippen molar-refractivity contribution >= 4 is 17.6 Å². The Morgan fingerprint density at radius 1 is 1.22 bits per heavy atom. The van der Waals surface area contributed by atoms with Crippen molar-refractivity contribution in [1.82, 2.24) is 20.5 Å². The standard InChI is InChI=1S/C19H25N5O3/c1-12-3-2-8-26-18-10-14(6-7-20-18)22-17-11-16(23-24-17)13-4-5-15(9-13)27-19(25)21-12/h6-7,10-13,15H,2-5,8-9H2,1H3,(H,21,25)(H2,22,23,24)/t12-,13-,15+/m0/s1. The van der Waals surface area contributed by atoms with Gasteiger partial charge in [0.25, 0.3) is 0 Å². The number of aromatic nitrogens is 3. The van der Waals surface area contributed by atoms with Crippen LogP contribution in [-0.2, 0) is 4.74 Å². The Morgan fingerprint density at radius 3 is 3.07 bits per heavy atom. The van der Waals surface area contributed by atoms with E-state index >= 15 is 0 Å². The van der Waals surface area contributed by atoms with Crippen LogP contribution in [0.1, 0.15) is 50.6 Å². The first kappa shape index (κ1) is 17.6. The first-order valence-electron chi connectivity index (χ1n) is 9.54. The van der Waals surface area contributed by atoms with Gasteiger partial charge in [0.1, 0.15) is 6.10 Å². The molecule has 3 atom stereocenters. The fourth-order valence-electron chi connectivity index (χ4n) is 3.68. The molecule has 2 aliphatic rings. The Bertz CT molecular complexity index is 793. The highest BCUT2D eigenvalue weighted by molar-refractivity contribution is 5.67. The number of H-pyrrole nitrogens is 1. The summed E-state index contributed by atoms with van der Waals surface area (Å²) in [6.07, 6.45) is 5.62. The second kappa shape index (κ2) is 7.85. The number of fused-ring (bicyclic) bond motifs is 7. The third kappa shape index (κ3) is 4.50. The molecule has 2 aromatic heterocycles. The van der Waals surface area contributed by atoms with E-state index in [1.54, 1.807) is 6.20 Å². The van der Waals surface area contributed by atoms with Crippen LogP contribution in [0.4, 0.5) is 16.3 Å². The highest BCUT2D eigenvalue weighted by atomic mass is 16.6. The molecule has 0 unspecified atom stereocenters. The molecule has 0 aromatic carbocycles. The lowest BCUT2D eigenvalue weighted by Crippen LogP contribution is -2.35. The van der Waals surface area contributed by atoms with E-state index in [9.17, 15) is 4.79 Å². The highest BCUT2D eigenvalue weighted by Gasteiger charge is 2.30. The van der Waals surface area contributed by atoms with E-state index in [1.165, 1.54) is 0 Å². The predicted molar refractivity (Wildman–Crippen MR) is 100 cm³/mol. The van der Waals surface area contributed by atoms with Crippen molar-refractivity contribution < 1.29 is 14.3 Å². The number of amides is 1. The van der Waals surface area contributed by atoms with Crippen molar-refractivity contribution in [2.24, 2.45) is 0 Å². The Hall–Kier alpha value is -2.77. The van der Waals surface area contributed by atoms with Crippen molar-refractivity contribution in [3.8, 4) is 5.88 Å². The molecule has 1 aliphatic carbocycles. The van der Waals surface area contributed by atoms with E-state index in [4.69, 9.17) is 9.47 Å². The molecule has 8 heteroatoms. The van der Waals surface area contributed by atoms with Crippen LogP contribution in [0.3, 0.4) is 0 Å². The van der Waals surface area contributed by atoms with Gasteiger partial charge in [-0.1, -0.05) is 0 Å². The summed E-state index contributed by atoms with van der Waals surface area (Å²) in [4.78, 5) is 16.4. The molecule has 3 heterocycles. The summed E-state index contributed by atoms with van der Waals surface area (Å²) in [6, 6.07) is 5.80. The largest absolute Gasteiger partial charge is 0.478 e. The van der Waals surface area contributed by atoms with E-state index in [0.717, 1.165) is 49.3 Å². The summed E-state index contributed by atoms with van der Waals surface area (Å²) in [6.45, 7) is 2.51. The van der Waals surface area contributed by atoms with Gasteiger partial charge in [0, 0.05) is 41.7 Å². The maximum Gasteiger partial charge on any atom is 0.407 e. The fraction of sp³-hybridized carbons (Fsp3) is 0.526. The first-order valence-corrected chi connectivity index (χ1v) is 9.54. The normalized spacial score (nSPS) is 26.0. The molecule has 6 bridgehead atoms. The number of alkyl carbamates (subject to hydrolysis) is 1. The molecule has 0 saturated heterocycles. The van der Waals surface area contributed by atoms with Crippen LogP contribution in [0.2, 0.25) is 0 Å². The van der Waals surface area contributed by atoms with E-state index in [0.29, 0.717) is 18.4 Å². The molecule has 0 spiro atoms. The van der Waals surface area contributed by atoms with Crippen LogP contribution < -0.4 is 15.4 Å². The van der Waals surface area contributed by atoms with Crippen molar-refractivity contribution in [2.75, 3.05) is 11.9 Å². The van der Waals surface area contributed by atoms with Crippen LogP contribution in [-0.4, -0.2) is 40.0 Å².